The lowest BCUT2D eigenvalue weighted by atomic mass is 9.98. The van der Waals surface area contributed by atoms with Crippen molar-refractivity contribution in [2.75, 3.05) is 36.9 Å². The summed E-state index contributed by atoms with van der Waals surface area (Å²) in [5, 5.41) is 5.94. The number of hydrogen-bond acceptors (Lipinski definition) is 4. The summed E-state index contributed by atoms with van der Waals surface area (Å²) < 4.78 is 5.57. The van der Waals surface area contributed by atoms with Gasteiger partial charge < -0.3 is 20.3 Å². The van der Waals surface area contributed by atoms with Gasteiger partial charge in [-0.3, -0.25) is 9.59 Å². The monoisotopic (exact) mass is 421 g/mol. The SMILES string of the molecule is C=C(C)COc1ccc(NCC(=O)Nc2cccc(C(=O)N3CCC(C)CC3)c2)cc1. The van der Waals surface area contributed by atoms with Gasteiger partial charge in [-0.15, -0.1) is 0 Å². The molecule has 2 aromatic carbocycles. The molecule has 0 aromatic heterocycles. The van der Waals surface area contributed by atoms with E-state index in [9.17, 15) is 9.59 Å². The maximum absolute atomic E-state index is 12.8. The zero-order chi connectivity index (χ0) is 22.2. The Morgan fingerprint density at radius 3 is 2.48 bits per heavy atom. The highest BCUT2D eigenvalue weighted by Gasteiger charge is 2.21. The molecule has 0 saturated carbocycles. The van der Waals surface area contributed by atoms with Gasteiger partial charge in [0.05, 0.1) is 6.54 Å². The number of piperidine rings is 1. The molecule has 164 valence electrons. The van der Waals surface area contributed by atoms with E-state index < -0.39 is 0 Å². The Balaban J connectivity index is 1.50. The third-order valence-electron chi connectivity index (χ3n) is 5.26. The number of anilines is 2. The lowest BCUT2D eigenvalue weighted by Gasteiger charge is -2.30. The minimum Gasteiger partial charge on any atom is -0.489 e. The molecule has 3 rings (SSSR count). The molecular weight excluding hydrogens is 390 g/mol. The minimum absolute atomic E-state index is 0.0232. The number of benzene rings is 2. The number of carbonyl (C=O) groups is 2. The van der Waals surface area contributed by atoms with Crippen molar-refractivity contribution in [1.29, 1.82) is 0 Å². The van der Waals surface area contributed by atoms with Crippen molar-refractivity contribution in [2.24, 2.45) is 5.92 Å². The van der Waals surface area contributed by atoms with Crippen molar-refractivity contribution < 1.29 is 14.3 Å². The number of nitrogens with one attached hydrogen (secondary N) is 2. The molecule has 2 aromatic rings. The zero-order valence-corrected chi connectivity index (χ0v) is 18.3. The van der Waals surface area contributed by atoms with Crippen molar-refractivity contribution in [3.63, 3.8) is 0 Å². The summed E-state index contributed by atoms with van der Waals surface area (Å²) in [6.45, 7) is 10.1. The second kappa shape index (κ2) is 10.7. The van der Waals surface area contributed by atoms with E-state index in [1.54, 1.807) is 24.3 Å². The molecule has 0 radical (unpaired) electrons. The van der Waals surface area contributed by atoms with E-state index in [2.05, 4.69) is 24.1 Å². The van der Waals surface area contributed by atoms with Gasteiger partial charge in [0.1, 0.15) is 12.4 Å². The molecule has 1 fully saturated rings. The molecule has 2 N–H and O–H groups in total. The number of ether oxygens (including phenoxy) is 1. The zero-order valence-electron chi connectivity index (χ0n) is 18.3. The van der Waals surface area contributed by atoms with Crippen LogP contribution < -0.4 is 15.4 Å². The summed E-state index contributed by atoms with van der Waals surface area (Å²) in [7, 11) is 0. The van der Waals surface area contributed by atoms with Crippen LogP contribution in [-0.4, -0.2) is 43.0 Å². The Bertz CT molecular complexity index is 916. The predicted octanol–water partition coefficient (Wildman–Crippen LogP) is 4.56. The molecule has 0 unspecified atom stereocenters. The standard InChI is InChI=1S/C25H31N3O3/c1-18(2)17-31-23-9-7-21(8-10-23)26-16-24(29)27-22-6-4-5-20(15-22)25(30)28-13-11-19(3)12-14-28/h4-10,15,19,26H,1,11-14,16-17H2,2-3H3,(H,27,29). The first-order chi connectivity index (χ1) is 14.9. The minimum atomic E-state index is -0.181. The molecule has 6 nitrogen and oxygen atoms in total. The maximum Gasteiger partial charge on any atom is 0.253 e. The van der Waals surface area contributed by atoms with Crippen molar-refractivity contribution in [2.45, 2.75) is 26.7 Å². The van der Waals surface area contributed by atoms with Crippen LogP contribution in [0.1, 0.15) is 37.0 Å². The van der Waals surface area contributed by atoms with Crippen LogP contribution in [0.4, 0.5) is 11.4 Å². The smallest absolute Gasteiger partial charge is 0.253 e. The molecule has 2 amide bonds. The summed E-state index contributed by atoms with van der Waals surface area (Å²) in [5.41, 5.74) is 2.99. The Morgan fingerprint density at radius 2 is 1.81 bits per heavy atom. The van der Waals surface area contributed by atoms with Crippen LogP contribution in [0.5, 0.6) is 5.75 Å². The van der Waals surface area contributed by atoms with Gasteiger partial charge in [0, 0.05) is 30.0 Å². The van der Waals surface area contributed by atoms with Crippen LogP contribution in [0, 0.1) is 5.92 Å². The van der Waals surface area contributed by atoms with Gasteiger partial charge in [-0.25, -0.2) is 0 Å². The summed E-state index contributed by atoms with van der Waals surface area (Å²) in [4.78, 5) is 27.0. The fourth-order valence-electron chi connectivity index (χ4n) is 3.39. The normalized spacial score (nSPS) is 14.1. The molecule has 1 saturated heterocycles. The first-order valence-electron chi connectivity index (χ1n) is 10.7. The van der Waals surface area contributed by atoms with E-state index >= 15 is 0 Å². The van der Waals surface area contributed by atoms with Crippen LogP contribution in [-0.2, 0) is 4.79 Å². The van der Waals surface area contributed by atoms with Gasteiger partial charge in [-0.1, -0.05) is 19.6 Å². The van der Waals surface area contributed by atoms with Gasteiger partial charge in [0.25, 0.3) is 5.91 Å². The van der Waals surface area contributed by atoms with Crippen LogP contribution in [0.25, 0.3) is 0 Å². The van der Waals surface area contributed by atoms with Crippen LogP contribution in [0.15, 0.2) is 60.7 Å². The van der Waals surface area contributed by atoms with Gasteiger partial charge in [0.15, 0.2) is 0 Å². The molecule has 1 aliphatic rings. The van der Waals surface area contributed by atoms with Gasteiger partial charge in [-0.2, -0.15) is 0 Å². The fourth-order valence-corrected chi connectivity index (χ4v) is 3.39. The van der Waals surface area contributed by atoms with Crippen molar-refractivity contribution in [1.82, 2.24) is 4.90 Å². The third-order valence-corrected chi connectivity index (χ3v) is 5.26. The molecule has 1 aliphatic heterocycles. The third kappa shape index (κ3) is 6.88. The summed E-state index contributed by atoms with van der Waals surface area (Å²) in [6.07, 6.45) is 2.07. The van der Waals surface area contributed by atoms with Crippen LogP contribution in [0.3, 0.4) is 0 Å². The molecule has 6 heteroatoms. The number of hydrogen-bond donors (Lipinski definition) is 2. The second-order valence-corrected chi connectivity index (χ2v) is 8.23. The maximum atomic E-state index is 12.8. The number of rotatable bonds is 8. The Hall–Kier alpha value is -3.28. The molecule has 0 aliphatic carbocycles. The van der Waals surface area contributed by atoms with Crippen LogP contribution >= 0.6 is 0 Å². The summed E-state index contributed by atoms with van der Waals surface area (Å²) in [5.74, 6) is 1.26. The first kappa shape index (κ1) is 22.4. The molecule has 0 atom stereocenters. The highest BCUT2D eigenvalue weighted by molar-refractivity contribution is 5.98. The van der Waals surface area contributed by atoms with Crippen molar-refractivity contribution in [3.05, 3.63) is 66.2 Å². The largest absolute Gasteiger partial charge is 0.489 e. The van der Waals surface area contributed by atoms with Crippen molar-refractivity contribution >= 4 is 23.2 Å². The summed E-state index contributed by atoms with van der Waals surface area (Å²) >= 11 is 0. The molecule has 31 heavy (non-hydrogen) atoms. The highest BCUT2D eigenvalue weighted by Crippen LogP contribution is 2.20. The highest BCUT2D eigenvalue weighted by atomic mass is 16.5. The average Bonchev–Trinajstić information content (AvgIpc) is 2.77. The average molecular weight is 422 g/mol. The van der Waals surface area contributed by atoms with E-state index in [4.69, 9.17) is 4.74 Å². The number of carbonyl (C=O) groups excluding carboxylic acids is 2. The van der Waals surface area contributed by atoms with E-state index in [1.165, 1.54) is 0 Å². The number of likely N-dealkylation sites (tertiary alicyclic amines) is 1. The van der Waals surface area contributed by atoms with Crippen molar-refractivity contribution in [3.8, 4) is 5.75 Å². The Morgan fingerprint density at radius 1 is 1.10 bits per heavy atom. The van der Waals surface area contributed by atoms with E-state index in [0.29, 0.717) is 23.8 Å². The predicted molar refractivity (Wildman–Crippen MR) is 125 cm³/mol. The molecular formula is C25H31N3O3. The van der Waals surface area contributed by atoms with E-state index in [0.717, 1.165) is 42.9 Å². The van der Waals surface area contributed by atoms with Crippen LogP contribution in [0.2, 0.25) is 0 Å². The van der Waals surface area contributed by atoms with Gasteiger partial charge >= 0.3 is 0 Å². The Labute approximate surface area is 184 Å². The summed E-state index contributed by atoms with van der Waals surface area (Å²) in [6, 6.07) is 14.5. The van der Waals surface area contributed by atoms with Gasteiger partial charge in [-0.05, 0) is 73.7 Å². The molecule has 0 bridgehead atoms. The first-order valence-corrected chi connectivity index (χ1v) is 10.7. The molecule has 1 heterocycles. The number of amides is 2. The van der Waals surface area contributed by atoms with E-state index in [1.807, 2.05) is 36.1 Å². The number of nitrogens with zero attached hydrogens (tertiary/aromatic N) is 1. The Kier molecular flexibility index (Phi) is 7.70. The topological polar surface area (TPSA) is 70.7 Å². The second-order valence-electron chi connectivity index (χ2n) is 8.23. The van der Waals surface area contributed by atoms with E-state index in [-0.39, 0.29) is 18.4 Å². The lowest BCUT2D eigenvalue weighted by Crippen LogP contribution is -2.37. The van der Waals surface area contributed by atoms with Gasteiger partial charge in [0.2, 0.25) is 5.91 Å². The fraction of sp³-hybridized carbons (Fsp3) is 0.360. The lowest BCUT2D eigenvalue weighted by molar-refractivity contribution is -0.114. The quantitative estimate of drug-likeness (QED) is 0.613. The molecule has 0 spiro atoms.